The third kappa shape index (κ3) is 4.36. The van der Waals surface area contributed by atoms with Crippen LogP contribution in [0.5, 0.6) is 0 Å². The first kappa shape index (κ1) is 10.6. The highest BCUT2D eigenvalue weighted by molar-refractivity contribution is 7.09. The summed E-state index contributed by atoms with van der Waals surface area (Å²) >= 11 is 8.69. The minimum atomic E-state index is 0.588. The van der Waals surface area contributed by atoms with Crippen LogP contribution in [-0.2, 0) is 5.88 Å². The van der Waals surface area contributed by atoms with Crippen molar-refractivity contribution >= 4 is 34.3 Å². The van der Waals surface area contributed by atoms with E-state index in [4.69, 9.17) is 11.6 Å². The summed E-state index contributed by atoms with van der Waals surface area (Å²) in [5.74, 6) is 0.588. The van der Waals surface area contributed by atoms with Crippen molar-refractivity contribution in [2.24, 2.45) is 0 Å². The number of aromatic nitrogens is 2. The third-order valence-electron chi connectivity index (χ3n) is 1.17. The maximum atomic E-state index is 5.44. The van der Waals surface area contributed by atoms with E-state index in [9.17, 15) is 0 Å². The van der Waals surface area contributed by atoms with E-state index in [0.717, 1.165) is 4.88 Å². The molecule has 0 bridgehead atoms. The van der Waals surface area contributed by atoms with Gasteiger partial charge in [-0.05, 0) is 6.92 Å². The van der Waals surface area contributed by atoms with Gasteiger partial charge in [0.15, 0.2) is 0 Å². The summed E-state index contributed by atoms with van der Waals surface area (Å²) in [6.07, 6.45) is 3.63. The van der Waals surface area contributed by atoms with Gasteiger partial charge in [0.2, 0.25) is 0 Å². The molecule has 0 aliphatic carbocycles. The highest BCUT2D eigenvalue weighted by Crippen LogP contribution is 2.07. The molecule has 0 saturated carbocycles. The molecule has 0 saturated heterocycles. The Hall–Kier alpha value is -0.450. The Labute approximate surface area is 90.2 Å². The summed E-state index contributed by atoms with van der Waals surface area (Å²) in [7, 11) is 0. The van der Waals surface area contributed by atoms with Gasteiger partial charge in [0.25, 0.3) is 0 Å². The van der Waals surface area contributed by atoms with Crippen molar-refractivity contribution in [2.75, 3.05) is 0 Å². The van der Waals surface area contributed by atoms with Gasteiger partial charge in [-0.2, -0.15) is 0 Å². The molecular formula is C8H9ClN2S2. The molecular weight excluding hydrogens is 224 g/mol. The minimum Gasteiger partial charge on any atom is -0.253 e. The fourth-order valence-corrected chi connectivity index (χ4v) is 1.70. The van der Waals surface area contributed by atoms with Crippen LogP contribution in [0.3, 0.4) is 0 Å². The van der Waals surface area contributed by atoms with Crippen molar-refractivity contribution in [1.29, 1.82) is 0 Å². The van der Waals surface area contributed by atoms with Gasteiger partial charge in [0, 0.05) is 22.1 Å². The molecule has 0 unspecified atom stereocenters. The van der Waals surface area contributed by atoms with E-state index >= 15 is 0 Å². The average Bonchev–Trinajstić information content (AvgIpc) is 2.76. The number of aryl methyl sites for hydroxylation is 1. The Morgan fingerprint density at radius 3 is 2.15 bits per heavy atom. The van der Waals surface area contributed by atoms with Gasteiger partial charge in [0.05, 0.1) is 16.9 Å². The monoisotopic (exact) mass is 232 g/mol. The summed E-state index contributed by atoms with van der Waals surface area (Å²) in [4.78, 5) is 10.1. The molecule has 0 amide bonds. The number of alkyl halides is 1. The van der Waals surface area contributed by atoms with Gasteiger partial charge in [-0.3, -0.25) is 9.97 Å². The van der Waals surface area contributed by atoms with Gasteiger partial charge >= 0.3 is 0 Å². The fraction of sp³-hybridized carbons (Fsp3) is 0.250. The number of hydrogen-bond acceptors (Lipinski definition) is 4. The van der Waals surface area contributed by atoms with E-state index in [1.54, 1.807) is 34.4 Å². The van der Waals surface area contributed by atoms with Crippen LogP contribution in [0.2, 0.25) is 0 Å². The maximum absolute atomic E-state index is 5.44. The number of halogens is 1. The van der Waals surface area contributed by atoms with Crippen LogP contribution >= 0.6 is 34.3 Å². The summed E-state index contributed by atoms with van der Waals surface area (Å²) in [6, 6.07) is 0. The largest absolute Gasteiger partial charge is 0.253 e. The molecule has 2 heterocycles. The van der Waals surface area contributed by atoms with Crippen LogP contribution in [0.15, 0.2) is 23.4 Å². The van der Waals surface area contributed by atoms with Gasteiger partial charge in [-0.15, -0.1) is 34.3 Å². The minimum absolute atomic E-state index is 0.588. The molecule has 5 heteroatoms. The highest BCUT2D eigenvalue weighted by Gasteiger charge is 1.85. The molecule has 2 nitrogen and oxygen atoms in total. The van der Waals surface area contributed by atoms with Crippen LogP contribution in [0.1, 0.15) is 9.75 Å². The number of hydrogen-bond donors (Lipinski definition) is 0. The molecule has 0 N–H and O–H groups in total. The quantitative estimate of drug-likeness (QED) is 0.705. The molecule has 0 fully saturated rings. The second-order valence-corrected chi connectivity index (χ2v) is 4.54. The van der Waals surface area contributed by atoms with Crippen LogP contribution < -0.4 is 0 Å². The maximum Gasteiger partial charge on any atom is 0.0794 e. The Kier molecular flexibility index (Phi) is 4.97. The molecule has 70 valence electrons. The Morgan fingerprint density at radius 2 is 1.92 bits per heavy atom. The van der Waals surface area contributed by atoms with E-state index in [1.807, 2.05) is 18.6 Å². The van der Waals surface area contributed by atoms with Crippen molar-refractivity contribution in [3.63, 3.8) is 0 Å². The predicted molar refractivity (Wildman–Crippen MR) is 58.5 cm³/mol. The van der Waals surface area contributed by atoms with Gasteiger partial charge in [-0.25, -0.2) is 0 Å². The third-order valence-corrected chi connectivity index (χ3v) is 3.10. The second-order valence-electron chi connectivity index (χ2n) is 2.21. The van der Waals surface area contributed by atoms with E-state index in [0.29, 0.717) is 5.88 Å². The van der Waals surface area contributed by atoms with Crippen molar-refractivity contribution in [3.8, 4) is 0 Å². The molecule has 0 spiro atoms. The average molecular weight is 233 g/mol. The van der Waals surface area contributed by atoms with Gasteiger partial charge < -0.3 is 0 Å². The summed E-state index contributed by atoms with van der Waals surface area (Å²) in [5, 5.41) is 0. The molecule has 0 radical (unpaired) electrons. The standard InChI is InChI=1S/C4H4ClNS.C4H5NS/c5-1-4-2-6-3-7-4;1-4-2-5-3-6-4/h2-3H,1H2;2-3H,1H3. The predicted octanol–water partition coefficient (Wildman–Crippen LogP) is 3.33. The van der Waals surface area contributed by atoms with Crippen LogP contribution in [-0.4, -0.2) is 9.97 Å². The lowest BCUT2D eigenvalue weighted by Gasteiger charge is -1.74. The molecule has 2 aromatic rings. The zero-order valence-corrected chi connectivity index (χ0v) is 9.49. The normalized spacial score (nSPS) is 9.08. The zero-order valence-electron chi connectivity index (χ0n) is 7.11. The molecule has 0 aliphatic rings. The van der Waals surface area contributed by atoms with Crippen LogP contribution in [0.25, 0.3) is 0 Å². The molecule has 0 aliphatic heterocycles. The molecule has 2 aromatic heterocycles. The lowest BCUT2D eigenvalue weighted by atomic mass is 10.6. The van der Waals surface area contributed by atoms with E-state index in [-0.39, 0.29) is 0 Å². The first-order valence-corrected chi connectivity index (χ1v) is 5.90. The Balaban J connectivity index is 0.000000132. The van der Waals surface area contributed by atoms with Crippen LogP contribution in [0, 0.1) is 6.92 Å². The number of rotatable bonds is 1. The molecule has 2 rings (SSSR count). The summed E-state index contributed by atoms with van der Waals surface area (Å²) < 4.78 is 0. The first-order valence-electron chi connectivity index (χ1n) is 3.61. The van der Waals surface area contributed by atoms with Crippen molar-refractivity contribution in [1.82, 2.24) is 9.97 Å². The van der Waals surface area contributed by atoms with E-state index in [1.165, 1.54) is 4.88 Å². The Morgan fingerprint density at radius 1 is 1.23 bits per heavy atom. The van der Waals surface area contributed by atoms with Crippen LogP contribution in [0.4, 0.5) is 0 Å². The first-order chi connectivity index (χ1) is 6.33. The highest BCUT2D eigenvalue weighted by atomic mass is 35.5. The Bertz CT molecular complexity index is 305. The SMILES string of the molecule is Cc1cncs1.ClCc1cncs1. The lowest BCUT2D eigenvalue weighted by Crippen LogP contribution is -1.60. The summed E-state index contributed by atoms with van der Waals surface area (Å²) in [5.41, 5.74) is 3.60. The van der Waals surface area contributed by atoms with Crippen molar-refractivity contribution < 1.29 is 0 Å². The lowest BCUT2D eigenvalue weighted by molar-refractivity contribution is 1.37. The number of thiazole rings is 2. The van der Waals surface area contributed by atoms with Crippen molar-refractivity contribution in [2.45, 2.75) is 12.8 Å². The molecule has 13 heavy (non-hydrogen) atoms. The number of nitrogens with zero attached hydrogens (tertiary/aromatic N) is 2. The fourth-order valence-electron chi connectivity index (χ4n) is 0.588. The molecule has 0 atom stereocenters. The zero-order chi connectivity index (χ0) is 9.52. The van der Waals surface area contributed by atoms with Crippen molar-refractivity contribution in [3.05, 3.63) is 33.2 Å². The smallest absolute Gasteiger partial charge is 0.0794 e. The van der Waals surface area contributed by atoms with Gasteiger partial charge in [0.1, 0.15) is 0 Å². The molecule has 0 aromatic carbocycles. The topological polar surface area (TPSA) is 25.8 Å². The summed E-state index contributed by atoms with van der Waals surface area (Å²) in [6.45, 7) is 2.04. The second kappa shape index (κ2) is 6.07. The van der Waals surface area contributed by atoms with Gasteiger partial charge in [-0.1, -0.05) is 0 Å². The van der Waals surface area contributed by atoms with E-state index < -0.39 is 0 Å². The van der Waals surface area contributed by atoms with E-state index in [2.05, 4.69) is 9.97 Å².